The van der Waals surface area contributed by atoms with E-state index in [0.717, 1.165) is 5.75 Å². The lowest BCUT2D eigenvalue weighted by Crippen LogP contribution is -2.13. The number of hydrogen-bond donors (Lipinski definition) is 0. The van der Waals surface area contributed by atoms with Crippen molar-refractivity contribution in [1.29, 1.82) is 0 Å². The molecule has 3 heterocycles. The third-order valence-corrected chi connectivity index (χ3v) is 4.26. The largest absolute Gasteiger partial charge is 0.497 e. The monoisotopic (exact) mass is 394 g/mol. The van der Waals surface area contributed by atoms with Crippen LogP contribution in [0.15, 0.2) is 57.7 Å². The van der Waals surface area contributed by atoms with Crippen LogP contribution in [-0.4, -0.2) is 36.4 Å². The number of hydrogen-bond acceptors (Lipinski definition) is 8. The molecule has 8 nitrogen and oxygen atoms in total. The number of carbonyl (C=O) groups excluding carboxylic acids is 1. The Hall–Kier alpha value is -3.81. The molecule has 0 fully saturated rings. The number of aromatic nitrogens is 2. The molecule has 0 aliphatic carbocycles. The molecule has 0 saturated heterocycles. The summed E-state index contributed by atoms with van der Waals surface area (Å²) in [5, 5.41) is 4.42. The fraction of sp³-hybridized carbons (Fsp3) is 0.190. The van der Waals surface area contributed by atoms with Crippen LogP contribution >= 0.6 is 0 Å². The number of pyridine rings is 1. The molecule has 0 atom stereocenters. The highest BCUT2D eigenvalue weighted by molar-refractivity contribution is 6.04. The first-order valence-corrected chi connectivity index (χ1v) is 8.90. The predicted molar refractivity (Wildman–Crippen MR) is 103 cm³/mol. The van der Waals surface area contributed by atoms with E-state index in [2.05, 4.69) is 10.1 Å². The number of methoxy groups -OCH3 is 1. The zero-order valence-electron chi connectivity index (χ0n) is 15.9. The van der Waals surface area contributed by atoms with E-state index in [-0.39, 0.29) is 18.9 Å². The molecule has 1 aromatic carbocycles. The Labute approximate surface area is 166 Å². The molecule has 0 aliphatic heterocycles. The van der Waals surface area contributed by atoms with Crippen molar-refractivity contribution in [2.75, 3.05) is 20.3 Å². The van der Waals surface area contributed by atoms with Crippen LogP contribution < -0.4 is 9.47 Å². The summed E-state index contributed by atoms with van der Waals surface area (Å²) in [5.41, 5.74) is 1.57. The lowest BCUT2D eigenvalue weighted by atomic mass is 10.1. The first-order valence-electron chi connectivity index (χ1n) is 8.90. The number of ether oxygens (including phenoxy) is 3. The molecule has 4 rings (SSSR count). The molecule has 3 aromatic heterocycles. The van der Waals surface area contributed by atoms with Crippen LogP contribution in [0.1, 0.15) is 16.1 Å². The van der Waals surface area contributed by atoms with Crippen molar-refractivity contribution in [2.45, 2.75) is 6.92 Å². The van der Waals surface area contributed by atoms with Crippen LogP contribution in [0.2, 0.25) is 0 Å². The number of fused-ring (bicyclic) bond motifs is 1. The summed E-state index contributed by atoms with van der Waals surface area (Å²) in [4.78, 5) is 17.1. The average Bonchev–Trinajstić information content (AvgIpc) is 3.41. The van der Waals surface area contributed by atoms with Crippen LogP contribution in [0.25, 0.3) is 22.6 Å². The minimum atomic E-state index is -0.519. The quantitative estimate of drug-likeness (QED) is 0.342. The first kappa shape index (κ1) is 18.5. The molecule has 29 heavy (non-hydrogen) atoms. The average molecular weight is 394 g/mol. The fourth-order valence-corrected chi connectivity index (χ4v) is 2.85. The molecule has 0 aliphatic rings. The molecule has 0 N–H and O–H groups in total. The van der Waals surface area contributed by atoms with E-state index in [4.69, 9.17) is 23.2 Å². The highest BCUT2D eigenvalue weighted by Crippen LogP contribution is 2.27. The number of benzene rings is 1. The lowest BCUT2D eigenvalue weighted by molar-refractivity contribution is 0.0452. The van der Waals surface area contributed by atoms with Gasteiger partial charge in [-0.1, -0.05) is 5.16 Å². The minimum absolute atomic E-state index is 0.0785. The maximum atomic E-state index is 12.7. The standard InChI is InChI=1S/C21H18N2O6/c1-13-19-16(12-17(18-4-3-9-27-18)22-20(19)29-23-13)21(24)28-11-10-26-15-7-5-14(25-2)6-8-15/h3-9,12H,10-11H2,1-2H3. The second kappa shape index (κ2) is 8.05. The van der Waals surface area contributed by atoms with Crippen molar-refractivity contribution in [3.8, 4) is 23.0 Å². The van der Waals surface area contributed by atoms with Crippen molar-refractivity contribution in [3.63, 3.8) is 0 Å². The third kappa shape index (κ3) is 3.91. The number of furan rings is 1. The summed E-state index contributed by atoms with van der Waals surface area (Å²) >= 11 is 0. The molecule has 4 aromatic rings. The molecule has 148 valence electrons. The van der Waals surface area contributed by atoms with E-state index in [1.165, 1.54) is 6.26 Å². The van der Waals surface area contributed by atoms with Gasteiger partial charge in [-0.3, -0.25) is 0 Å². The van der Waals surface area contributed by atoms with Gasteiger partial charge in [0.1, 0.15) is 30.4 Å². The van der Waals surface area contributed by atoms with Gasteiger partial charge in [-0.2, -0.15) is 0 Å². The second-order valence-electron chi connectivity index (χ2n) is 6.14. The van der Waals surface area contributed by atoms with Gasteiger partial charge < -0.3 is 23.2 Å². The number of carbonyl (C=O) groups is 1. The van der Waals surface area contributed by atoms with E-state index < -0.39 is 5.97 Å². The smallest absolute Gasteiger partial charge is 0.339 e. The first-order chi connectivity index (χ1) is 14.2. The summed E-state index contributed by atoms with van der Waals surface area (Å²) in [5.74, 6) is 1.39. The van der Waals surface area contributed by atoms with Crippen LogP contribution in [0.3, 0.4) is 0 Å². The van der Waals surface area contributed by atoms with Gasteiger partial charge in [-0.25, -0.2) is 9.78 Å². The van der Waals surface area contributed by atoms with Gasteiger partial charge >= 0.3 is 5.97 Å². The maximum absolute atomic E-state index is 12.7. The fourth-order valence-electron chi connectivity index (χ4n) is 2.85. The van der Waals surface area contributed by atoms with Crippen LogP contribution in [-0.2, 0) is 4.74 Å². The molecule has 0 bridgehead atoms. The Kier molecular flexibility index (Phi) is 5.15. The molecule has 0 spiro atoms. The van der Waals surface area contributed by atoms with Gasteiger partial charge in [0.05, 0.1) is 30.0 Å². The van der Waals surface area contributed by atoms with Crippen molar-refractivity contribution in [3.05, 3.63) is 60.0 Å². The predicted octanol–water partition coefficient (Wildman–Crippen LogP) is 4.04. The normalized spacial score (nSPS) is 10.8. The molecule has 0 saturated carbocycles. The number of aryl methyl sites for hydroxylation is 1. The summed E-state index contributed by atoms with van der Waals surface area (Å²) in [6, 6.07) is 12.2. The highest BCUT2D eigenvalue weighted by Gasteiger charge is 2.21. The maximum Gasteiger partial charge on any atom is 0.339 e. The number of rotatable bonds is 7. The summed E-state index contributed by atoms with van der Waals surface area (Å²) in [6.45, 7) is 2.03. The third-order valence-electron chi connectivity index (χ3n) is 4.26. The van der Waals surface area contributed by atoms with E-state index in [1.54, 1.807) is 56.5 Å². The molecular formula is C21H18N2O6. The van der Waals surface area contributed by atoms with Gasteiger partial charge in [0.2, 0.25) is 0 Å². The molecule has 8 heteroatoms. The Bertz CT molecular complexity index is 1120. The molecule has 0 radical (unpaired) electrons. The van der Waals surface area contributed by atoms with Gasteiger partial charge in [0.25, 0.3) is 5.71 Å². The van der Waals surface area contributed by atoms with E-state index in [0.29, 0.717) is 33.8 Å². The Morgan fingerprint density at radius 1 is 1.10 bits per heavy atom. The topological polar surface area (TPSA) is 96.8 Å². The zero-order valence-corrected chi connectivity index (χ0v) is 15.9. The van der Waals surface area contributed by atoms with Gasteiger partial charge in [-0.05, 0) is 49.4 Å². The SMILES string of the molecule is COc1ccc(OCCOC(=O)c2cc(-c3ccco3)nc3onc(C)c23)cc1. The number of esters is 1. The molecule has 0 unspecified atom stereocenters. The summed E-state index contributed by atoms with van der Waals surface area (Å²) in [6.07, 6.45) is 1.53. The van der Waals surface area contributed by atoms with Crippen molar-refractivity contribution in [1.82, 2.24) is 10.1 Å². The number of nitrogens with zero attached hydrogens (tertiary/aromatic N) is 2. The summed E-state index contributed by atoms with van der Waals surface area (Å²) < 4.78 is 26.7. The van der Waals surface area contributed by atoms with Crippen molar-refractivity contribution >= 4 is 17.1 Å². The zero-order chi connectivity index (χ0) is 20.2. The Morgan fingerprint density at radius 2 is 1.90 bits per heavy atom. The second-order valence-corrected chi connectivity index (χ2v) is 6.14. The van der Waals surface area contributed by atoms with Gasteiger partial charge in [-0.15, -0.1) is 0 Å². The van der Waals surface area contributed by atoms with E-state index >= 15 is 0 Å². The molecule has 0 amide bonds. The Balaban J connectivity index is 1.46. The lowest BCUT2D eigenvalue weighted by Gasteiger charge is -2.09. The van der Waals surface area contributed by atoms with E-state index in [9.17, 15) is 4.79 Å². The molecular weight excluding hydrogens is 376 g/mol. The van der Waals surface area contributed by atoms with Crippen molar-refractivity contribution < 1.29 is 27.9 Å². The van der Waals surface area contributed by atoms with Gasteiger partial charge in [0, 0.05) is 0 Å². The van der Waals surface area contributed by atoms with Crippen LogP contribution in [0.4, 0.5) is 0 Å². The summed E-state index contributed by atoms with van der Waals surface area (Å²) in [7, 11) is 1.60. The Morgan fingerprint density at radius 3 is 2.62 bits per heavy atom. The van der Waals surface area contributed by atoms with Crippen LogP contribution in [0, 0.1) is 6.92 Å². The van der Waals surface area contributed by atoms with Gasteiger partial charge in [0.15, 0.2) is 5.76 Å². The van der Waals surface area contributed by atoms with Crippen molar-refractivity contribution in [2.24, 2.45) is 0 Å². The highest BCUT2D eigenvalue weighted by atomic mass is 16.6. The van der Waals surface area contributed by atoms with E-state index in [1.807, 2.05) is 0 Å². The minimum Gasteiger partial charge on any atom is -0.497 e. The van der Waals surface area contributed by atoms with Crippen LogP contribution in [0.5, 0.6) is 11.5 Å².